The summed E-state index contributed by atoms with van der Waals surface area (Å²) >= 11 is 0. The summed E-state index contributed by atoms with van der Waals surface area (Å²) in [4.78, 5) is 38.4. The SMILES string of the molecule is CC/C=C\C/C=C\C/C=C\C/C=C\C/C=C\CC(=O)OCC(COC(=O)CCCCCCCCCCCCCCCCCCCCCCCCCCCCCCC)OC(=O)CCCCCCCC/C=C\C/C=C\C/C=C\CCCCCCC. The van der Waals surface area contributed by atoms with Crippen molar-refractivity contribution in [3.63, 3.8) is 0 Å². The van der Waals surface area contributed by atoms with Crippen molar-refractivity contribution in [2.24, 2.45) is 0 Å². The van der Waals surface area contributed by atoms with Crippen LogP contribution in [0.2, 0.25) is 0 Å². The van der Waals surface area contributed by atoms with Gasteiger partial charge in [0.25, 0.3) is 0 Å². The fourth-order valence-corrected chi connectivity index (χ4v) is 10.3. The normalized spacial score (nSPS) is 12.7. The topological polar surface area (TPSA) is 78.9 Å². The standard InChI is InChI=1S/C77H134O6/c1-4-7-10-13-16-19-22-25-28-30-32-34-35-36-37-38-39-40-41-43-44-46-49-52-55-58-61-64-67-70-76(79)82-73-74(72-81-75(78)69-66-63-60-57-54-51-48-27-24-21-18-15-12-9-6-3)83-77(80)71-68-65-62-59-56-53-50-47-45-42-33-31-29-26-23-20-17-14-11-8-5-2/h9,12,18,21,23,26-27,31,33,45,47-48,54,57,63,66,74H,4-8,10-11,13-17,19-20,22,24-25,28-30,32,34-44,46,49-53,55-56,58-62,64-65,67-73H2,1-3H3/b12-9-,21-18-,26-23-,33-31-,47-45-,48-27-,57-54-,66-63-. The molecule has 1 atom stereocenters. The summed E-state index contributed by atoms with van der Waals surface area (Å²) in [5.74, 6) is -1.04. The average Bonchev–Trinajstić information content (AvgIpc) is 3.49. The Morgan fingerprint density at radius 3 is 0.843 bits per heavy atom. The molecule has 0 aliphatic rings. The van der Waals surface area contributed by atoms with Crippen LogP contribution in [-0.2, 0) is 28.6 Å². The average molecular weight is 1160 g/mol. The number of carbonyl (C=O) groups is 3. The van der Waals surface area contributed by atoms with Crippen molar-refractivity contribution < 1.29 is 28.6 Å². The predicted molar refractivity (Wildman–Crippen MR) is 362 cm³/mol. The van der Waals surface area contributed by atoms with Crippen LogP contribution in [0.4, 0.5) is 0 Å². The summed E-state index contributed by atoms with van der Waals surface area (Å²) in [5, 5.41) is 0. The van der Waals surface area contributed by atoms with Gasteiger partial charge in [-0.25, -0.2) is 0 Å². The van der Waals surface area contributed by atoms with E-state index < -0.39 is 12.1 Å². The molecule has 0 rings (SSSR count). The zero-order chi connectivity index (χ0) is 59.9. The number of esters is 3. The van der Waals surface area contributed by atoms with Gasteiger partial charge in [0.2, 0.25) is 0 Å². The van der Waals surface area contributed by atoms with E-state index in [9.17, 15) is 14.4 Å². The van der Waals surface area contributed by atoms with E-state index >= 15 is 0 Å². The number of hydrogen-bond acceptors (Lipinski definition) is 6. The molecule has 83 heavy (non-hydrogen) atoms. The molecule has 0 aliphatic carbocycles. The van der Waals surface area contributed by atoms with Crippen molar-refractivity contribution in [1.82, 2.24) is 0 Å². The van der Waals surface area contributed by atoms with E-state index in [1.54, 1.807) is 6.08 Å². The minimum atomic E-state index is -0.826. The van der Waals surface area contributed by atoms with Gasteiger partial charge in [0.1, 0.15) is 13.2 Å². The number of hydrogen-bond donors (Lipinski definition) is 0. The molecular weight excluding hydrogens is 1020 g/mol. The Morgan fingerprint density at radius 2 is 0.518 bits per heavy atom. The van der Waals surface area contributed by atoms with Gasteiger partial charge in [0.15, 0.2) is 6.10 Å². The second kappa shape index (κ2) is 70.8. The van der Waals surface area contributed by atoms with E-state index in [1.165, 1.54) is 218 Å². The van der Waals surface area contributed by atoms with Gasteiger partial charge in [-0.15, -0.1) is 0 Å². The molecule has 1 unspecified atom stereocenters. The molecule has 0 saturated carbocycles. The van der Waals surface area contributed by atoms with Crippen LogP contribution in [0.15, 0.2) is 97.2 Å². The maximum Gasteiger partial charge on any atom is 0.309 e. The summed E-state index contributed by atoms with van der Waals surface area (Å²) in [5.41, 5.74) is 0. The highest BCUT2D eigenvalue weighted by atomic mass is 16.6. The van der Waals surface area contributed by atoms with Gasteiger partial charge in [-0.3, -0.25) is 14.4 Å². The van der Waals surface area contributed by atoms with Gasteiger partial charge in [-0.1, -0.05) is 349 Å². The Kier molecular flexibility index (Phi) is 67.7. The highest BCUT2D eigenvalue weighted by molar-refractivity contribution is 5.72. The van der Waals surface area contributed by atoms with Crippen LogP contribution in [-0.4, -0.2) is 37.2 Å². The van der Waals surface area contributed by atoms with E-state index in [0.29, 0.717) is 12.8 Å². The van der Waals surface area contributed by atoms with Crippen molar-refractivity contribution in [2.45, 2.75) is 361 Å². The Bertz CT molecular complexity index is 1610. The summed E-state index contributed by atoms with van der Waals surface area (Å²) in [6, 6.07) is 0. The van der Waals surface area contributed by atoms with Crippen LogP contribution in [0.25, 0.3) is 0 Å². The number of rotatable bonds is 65. The smallest absolute Gasteiger partial charge is 0.309 e. The van der Waals surface area contributed by atoms with Gasteiger partial charge in [-0.05, 0) is 83.5 Å². The number of carbonyl (C=O) groups excluding carboxylic acids is 3. The van der Waals surface area contributed by atoms with Crippen LogP contribution in [0.3, 0.4) is 0 Å². The summed E-state index contributed by atoms with van der Waals surface area (Å²) < 4.78 is 16.9. The lowest BCUT2D eigenvalue weighted by Crippen LogP contribution is -2.30. The van der Waals surface area contributed by atoms with Gasteiger partial charge >= 0.3 is 17.9 Å². The van der Waals surface area contributed by atoms with Gasteiger partial charge in [0.05, 0.1) is 6.42 Å². The van der Waals surface area contributed by atoms with Gasteiger partial charge in [0, 0.05) is 12.8 Å². The van der Waals surface area contributed by atoms with E-state index in [1.807, 2.05) is 6.08 Å². The zero-order valence-electron chi connectivity index (χ0n) is 54.9. The summed E-state index contributed by atoms with van der Waals surface area (Å²) in [6.45, 7) is 6.46. The first-order valence-corrected chi connectivity index (χ1v) is 35.7. The minimum absolute atomic E-state index is 0.111. The summed E-state index contributed by atoms with van der Waals surface area (Å²) in [6.07, 6.45) is 96.2. The number of unbranched alkanes of at least 4 members (excludes halogenated alkanes) is 39. The van der Waals surface area contributed by atoms with Crippen molar-refractivity contribution in [1.29, 1.82) is 0 Å². The van der Waals surface area contributed by atoms with Gasteiger partial charge < -0.3 is 14.2 Å². The predicted octanol–water partition coefficient (Wildman–Crippen LogP) is 24.8. The molecule has 0 fully saturated rings. The van der Waals surface area contributed by atoms with E-state index in [2.05, 4.69) is 106 Å². The first-order chi connectivity index (χ1) is 41.0. The monoisotopic (exact) mass is 1160 g/mol. The third-order valence-corrected chi connectivity index (χ3v) is 15.6. The second-order valence-electron chi connectivity index (χ2n) is 23.8. The Hall–Kier alpha value is -3.67. The first kappa shape index (κ1) is 79.3. The fraction of sp³-hybridized carbons (Fsp3) is 0.753. The van der Waals surface area contributed by atoms with Crippen molar-refractivity contribution in [3.05, 3.63) is 97.2 Å². The van der Waals surface area contributed by atoms with Crippen LogP contribution < -0.4 is 0 Å². The maximum absolute atomic E-state index is 12.9. The molecule has 0 N–H and O–H groups in total. The molecule has 0 aromatic carbocycles. The molecule has 6 heteroatoms. The van der Waals surface area contributed by atoms with E-state index in [4.69, 9.17) is 14.2 Å². The molecule has 0 spiro atoms. The largest absolute Gasteiger partial charge is 0.462 e. The molecule has 478 valence electrons. The molecule has 6 nitrogen and oxygen atoms in total. The molecule has 0 heterocycles. The molecular formula is C77H134O6. The molecule has 0 bridgehead atoms. The van der Waals surface area contributed by atoms with Crippen LogP contribution in [0.5, 0.6) is 0 Å². The third kappa shape index (κ3) is 69.0. The van der Waals surface area contributed by atoms with Crippen molar-refractivity contribution in [3.8, 4) is 0 Å². The third-order valence-electron chi connectivity index (χ3n) is 15.6. The Labute approximate surface area is 515 Å². The van der Waals surface area contributed by atoms with Crippen molar-refractivity contribution >= 4 is 17.9 Å². The molecule has 0 saturated heterocycles. The van der Waals surface area contributed by atoms with Crippen molar-refractivity contribution in [2.75, 3.05) is 13.2 Å². The Morgan fingerprint density at radius 1 is 0.265 bits per heavy atom. The molecule has 0 aromatic rings. The minimum Gasteiger partial charge on any atom is -0.462 e. The lowest BCUT2D eigenvalue weighted by atomic mass is 10.0. The molecule has 0 aliphatic heterocycles. The summed E-state index contributed by atoms with van der Waals surface area (Å²) in [7, 11) is 0. The maximum atomic E-state index is 12.9. The van der Waals surface area contributed by atoms with E-state index in [-0.39, 0.29) is 31.6 Å². The lowest BCUT2D eigenvalue weighted by Gasteiger charge is -2.18. The quantitative estimate of drug-likeness (QED) is 0.0261. The van der Waals surface area contributed by atoms with E-state index in [0.717, 1.165) is 96.3 Å². The highest BCUT2D eigenvalue weighted by Gasteiger charge is 2.19. The first-order valence-electron chi connectivity index (χ1n) is 35.7. The molecule has 0 radical (unpaired) electrons. The number of ether oxygens (including phenoxy) is 3. The van der Waals surface area contributed by atoms with Crippen LogP contribution >= 0.6 is 0 Å². The fourth-order valence-electron chi connectivity index (χ4n) is 10.3. The van der Waals surface area contributed by atoms with Crippen LogP contribution in [0.1, 0.15) is 355 Å². The highest BCUT2D eigenvalue weighted by Crippen LogP contribution is 2.18. The molecule has 0 amide bonds. The molecule has 0 aromatic heterocycles. The van der Waals surface area contributed by atoms with Crippen LogP contribution in [0, 0.1) is 0 Å². The lowest BCUT2D eigenvalue weighted by molar-refractivity contribution is -0.166. The van der Waals surface area contributed by atoms with Gasteiger partial charge in [-0.2, -0.15) is 0 Å². The zero-order valence-corrected chi connectivity index (χ0v) is 54.9. The Balaban J connectivity index is 4.32. The second-order valence-corrected chi connectivity index (χ2v) is 23.8. The number of allylic oxidation sites excluding steroid dienone is 15.